The number of aliphatic hydroxyl groups excluding tert-OH is 1. The highest BCUT2D eigenvalue weighted by Gasteiger charge is 2.37. The molecule has 1 fully saturated rings. The number of amides is 2. The third-order valence-electron chi connectivity index (χ3n) is 6.36. The van der Waals surface area contributed by atoms with E-state index in [1.54, 1.807) is 21.6 Å². The summed E-state index contributed by atoms with van der Waals surface area (Å²) in [6.07, 6.45) is 4.89. The van der Waals surface area contributed by atoms with Crippen molar-refractivity contribution in [2.45, 2.75) is 64.1 Å². The van der Waals surface area contributed by atoms with Crippen molar-refractivity contribution in [1.29, 1.82) is 0 Å². The molecule has 2 aromatic rings. The molecule has 3 rings (SSSR count). The first-order valence-electron chi connectivity index (χ1n) is 14.3. The van der Waals surface area contributed by atoms with E-state index in [0.29, 0.717) is 41.3 Å². The number of azide groups is 1. The highest BCUT2D eigenvalue weighted by molar-refractivity contribution is 8.76. The number of aliphatic hydroxyl groups is 1. The first kappa shape index (κ1) is 36.1. The number of allylic oxidation sites excluding steroid dienone is 1. The zero-order valence-corrected chi connectivity index (χ0v) is 27.4. The van der Waals surface area contributed by atoms with Gasteiger partial charge in [0.1, 0.15) is 49.1 Å². The Labute approximate surface area is 269 Å². The average Bonchev–Trinajstić information content (AvgIpc) is 3.58. The van der Waals surface area contributed by atoms with Crippen molar-refractivity contribution in [3.8, 4) is 0 Å². The number of fused-ring (bicyclic) bond motifs is 1. The summed E-state index contributed by atoms with van der Waals surface area (Å²) in [5, 5.41) is 19.3. The number of alkyl carbamates (subject to hydrolysis) is 2. The number of nitrogens with one attached hydrogen (secondary N) is 2. The van der Waals surface area contributed by atoms with E-state index >= 15 is 0 Å². The molecule has 0 radical (unpaired) electrons. The lowest BCUT2D eigenvalue weighted by atomic mass is 10.0. The van der Waals surface area contributed by atoms with E-state index < -0.39 is 36.2 Å². The van der Waals surface area contributed by atoms with Gasteiger partial charge in [-0.1, -0.05) is 45.8 Å². The number of carbonyl (C=O) groups is 2. The van der Waals surface area contributed by atoms with Crippen LogP contribution in [0.25, 0.3) is 21.5 Å². The van der Waals surface area contributed by atoms with Crippen LogP contribution in [0.3, 0.4) is 0 Å². The topological polar surface area (TPSA) is 221 Å². The van der Waals surface area contributed by atoms with Gasteiger partial charge >= 0.3 is 12.2 Å². The quantitative estimate of drug-likeness (QED) is 0.0493. The normalized spacial score (nSPS) is 18.9. The molecule has 0 aromatic carbocycles. The van der Waals surface area contributed by atoms with Crippen molar-refractivity contribution in [1.82, 2.24) is 25.2 Å². The zero-order chi connectivity index (χ0) is 32.8. The molecule has 1 saturated heterocycles. The fraction of sp³-hybridized carbons (Fsp3) is 0.630. The van der Waals surface area contributed by atoms with Crippen molar-refractivity contribution in [2.24, 2.45) is 5.11 Å². The van der Waals surface area contributed by atoms with Gasteiger partial charge in [0.15, 0.2) is 0 Å². The Morgan fingerprint density at radius 3 is 2.82 bits per heavy atom. The van der Waals surface area contributed by atoms with Crippen LogP contribution >= 0.6 is 21.6 Å². The Bertz CT molecular complexity index is 1350. The predicted molar refractivity (Wildman–Crippen MR) is 172 cm³/mol. The van der Waals surface area contributed by atoms with Gasteiger partial charge in [0.25, 0.3) is 0 Å². The molecule has 1 aliphatic heterocycles. The summed E-state index contributed by atoms with van der Waals surface area (Å²) in [7, 11) is 3.11. The molecule has 2 unspecified atom stereocenters. The number of nitrogens with zero attached hydrogens (tertiary/aromatic N) is 6. The van der Waals surface area contributed by atoms with Gasteiger partial charge in [-0.25, -0.2) is 19.6 Å². The first-order valence-corrected chi connectivity index (χ1v) is 16.8. The summed E-state index contributed by atoms with van der Waals surface area (Å²) in [6.45, 7) is 7.98. The lowest BCUT2D eigenvalue weighted by Gasteiger charge is -2.19. The number of hydrogen-bond acceptors (Lipinski definition) is 13. The molecule has 248 valence electrons. The molecule has 16 nitrogen and oxygen atoms in total. The minimum Gasteiger partial charge on any atom is -0.449 e. The first-order chi connectivity index (χ1) is 21.5. The van der Waals surface area contributed by atoms with Crippen LogP contribution in [0.2, 0.25) is 0 Å². The number of nitrogen functional groups attached to an aromatic ring is 1. The molecule has 0 aliphatic carbocycles. The lowest BCUT2D eigenvalue weighted by molar-refractivity contribution is -0.0593. The van der Waals surface area contributed by atoms with E-state index in [0.717, 1.165) is 5.56 Å². The SMILES string of the molecule is CC(/C=C/CNC(=O)OCCSSCCNC(=O)OC(C)(C)C)c1cn([C@H]2CC(OCN=[N+]=[N-])[C@@H](CO)O2)c2ncnc(N)c12. The van der Waals surface area contributed by atoms with Gasteiger partial charge in [-0.2, -0.15) is 0 Å². The molecule has 4 atom stereocenters. The molecule has 18 heteroatoms. The highest BCUT2D eigenvalue weighted by atomic mass is 33.1. The van der Waals surface area contributed by atoms with Crippen LogP contribution in [0.15, 0.2) is 29.8 Å². The average molecular weight is 668 g/mol. The molecule has 0 bridgehead atoms. The third kappa shape index (κ3) is 11.5. The predicted octanol–water partition coefficient (Wildman–Crippen LogP) is 4.24. The van der Waals surface area contributed by atoms with Crippen LogP contribution in [0.4, 0.5) is 15.4 Å². The van der Waals surface area contributed by atoms with Crippen LogP contribution < -0.4 is 16.4 Å². The van der Waals surface area contributed by atoms with Gasteiger partial charge in [0.2, 0.25) is 0 Å². The molecule has 3 heterocycles. The van der Waals surface area contributed by atoms with Gasteiger partial charge in [-0.05, 0) is 31.9 Å². The molecular formula is C27H41N9O7S2. The minimum absolute atomic E-state index is 0.120. The van der Waals surface area contributed by atoms with E-state index in [1.807, 2.05) is 50.6 Å². The number of hydrogen-bond donors (Lipinski definition) is 4. The van der Waals surface area contributed by atoms with Gasteiger partial charge in [0.05, 0.1) is 18.1 Å². The number of nitrogens with two attached hydrogens (primary N) is 1. The summed E-state index contributed by atoms with van der Waals surface area (Å²) in [6, 6.07) is 0. The van der Waals surface area contributed by atoms with Crippen LogP contribution in [0.1, 0.15) is 51.8 Å². The zero-order valence-electron chi connectivity index (χ0n) is 25.7. The van der Waals surface area contributed by atoms with E-state index in [1.165, 1.54) is 6.33 Å². The molecule has 2 aromatic heterocycles. The monoisotopic (exact) mass is 667 g/mol. The van der Waals surface area contributed by atoms with Crippen molar-refractivity contribution >= 4 is 50.6 Å². The smallest absolute Gasteiger partial charge is 0.407 e. The molecule has 45 heavy (non-hydrogen) atoms. The Kier molecular flexibility index (Phi) is 14.4. The van der Waals surface area contributed by atoms with Gasteiger partial charge in [-0.15, -0.1) is 0 Å². The number of rotatable bonds is 16. The van der Waals surface area contributed by atoms with Crippen molar-refractivity contribution in [2.75, 3.05) is 50.3 Å². The summed E-state index contributed by atoms with van der Waals surface area (Å²) >= 11 is 0. The molecule has 5 N–H and O–H groups in total. The fourth-order valence-corrected chi connectivity index (χ4v) is 6.17. The minimum atomic E-state index is -0.599. The van der Waals surface area contributed by atoms with Crippen molar-refractivity contribution < 1.29 is 33.6 Å². The summed E-state index contributed by atoms with van der Waals surface area (Å²) in [4.78, 5) is 35.0. The largest absolute Gasteiger partial charge is 0.449 e. The number of anilines is 1. The lowest BCUT2D eigenvalue weighted by Crippen LogP contribution is -2.33. The molecule has 0 saturated carbocycles. The van der Waals surface area contributed by atoms with Gasteiger partial charge in [-0.3, -0.25) is 0 Å². The van der Waals surface area contributed by atoms with Crippen LogP contribution in [0, 0.1) is 0 Å². The summed E-state index contributed by atoms with van der Waals surface area (Å²) in [5.74, 6) is 1.50. The van der Waals surface area contributed by atoms with E-state index in [2.05, 4.69) is 30.6 Å². The summed E-state index contributed by atoms with van der Waals surface area (Å²) in [5.41, 5.74) is 15.7. The third-order valence-corrected chi connectivity index (χ3v) is 8.74. The maximum atomic E-state index is 12.1. The van der Waals surface area contributed by atoms with E-state index in [4.69, 9.17) is 30.2 Å². The van der Waals surface area contributed by atoms with E-state index in [-0.39, 0.29) is 32.4 Å². The second-order valence-corrected chi connectivity index (χ2v) is 13.6. The van der Waals surface area contributed by atoms with E-state index in [9.17, 15) is 14.7 Å². The molecule has 1 aliphatic rings. The highest BCUT2D eigenvalue weighted by Crippen LogP contribution is 2.37. The maximum Gasteiger partial charge on any atom is 0.407 e. The molecule has 2 amide bonds. The summed E-state index contributed by atoms with van der Waals surface area (Å²) < 4.78 is 23.9. The van der Waals surface area contributed by atoms with Gasteiger partial charge < -0.3 is 45.0 Å². The Morgan fingerprint density at radius 2 is 2.09 bits per heavy atom. The standard InChI is InChI=1S/C27H41N9O7S2/c1-17(6-5-7-30-25(38)40-9-11-45-44-10-8-31-26(39)43-27(2,3)4)18-13-36(24-22(18)23(28)32-15-33-24)21-12-19(20(14-37)42-21)41-16-34-35-29/h5-6,13,15,17,19-21,37H,7-12,14,16H2,1-4H3,(H,30,38)(H,31,39)(H2,28,32,33)/b6-5+/t17?,19?,20-,21-/m1/s1. The Balaban J connectivity index is 1.44. The molecular weight excluding hydrogens is 626 g/mol. The second kappa shape index (κ2) is 17.9. The fourth-order valence-electron chi connectivity index (χ4n) is 4.43. The van der Waals surface area contributed by atoms with Crippen LogP contribution in [-0.2, 0) is 18.9 Å². The van der Waals surface area contributed by atoms with Crippen molar-refractivity contribution in [3.63, 3.8) is 0 Å². The second-order valence-electron chi connectivity index (χ2n) is 10.9. The molecule has 0 spiro atoms. The van der Waals surface area contributed by atoms with Crippen molar-refractivity contribution in [3.05, 3.63) is 40.7 Å². The maximum absolute atomic E-state index is 12.1. The van der Waals surface area contributed by atoms with Gasteiger partial charge in [0, 0.05) is 48.0 Å². The Morgan fingerprint density at radius 1 is 1.31 bits per heavy atom. The number of aromatic nitrogens is 3. The van der Waals surface area contributed by atoms with Crippen LogP contribution in [-0.4, -0.2) is 94.2 Å². The Hall–Kier alpha value is -3.41. The number of ether oxygens (including phenoxy) is 4. The number of carbonyl (C=O) groups excluding carboxylic acids is 2. The van der Waals surface area contributed by atoms with Crippen LogP contribution in [0.5, 0.6) is 0 Å².